The fourth-order valence-electron chi connectivity index (χ4n) is 1.15. The highest BCUT2D eigenvalue weighted by Gasteiger charge is 2.04. The Morgan fingerprint density at radius 3 is 2.67 bits per heavy atom. The Kier molecular flexibility index (Phi) is 4.45. The van der Waals surface area contributed by atoms with E-state index in [4.69, 9.17) is 10.8 Å². The van der Waals surface area contributed by atoms with Gasteiger partial charge in [-0.15, -0.1) is 0 Å². The molecule has 5 heteroatoms. The van der Waals surface area contributed by atoms with Gasteiger partial charge in [0.1, 0.15) is 5.82 Å². The molecule has 1 aromatic rings. The van der Waals surface area contributed by atoms with Crippen LogP contribution in [0.2, 0.25) is 0 Å². The molecular weight excluding hydrogens is 192 g/mol. The summed E-state index contributed by atoms with van der Waals surface area (Å²) in [4.78, 5) is 10.3. The van der Waals surface area contributed by atoms with E-state index in [1.807, 2.05) is 11.9 Å². The molecule has 1 atom stereocenters. The molecule has 1 unspecified atom stereocenters. The Hall–Kier alpha value is -1.20. The first kappa shape index (κ1) is 11.9. The molecule has 3 N–H and O–H groups in total. The van der Waals surface area contributed by atoms with Crippen molar-refractivity contribution in [2.75, 3.05) is 18.5 Å². The fraction of sp³-hybridized carbons (Fsp3) is 0.600. The summed E-state index contributed by atoms with van der Waals surface area (Å²) >= 11 is 0. The lowest BCUT2D eigenvalue weighted by Gasteiger charge is -2.18. The van der Waals surface area contributed by atoms with Gasteiger partial charge in [0.25, 0.3) is 0 Å². The van der Waals surface area contributed by atoms with Gasteiger partial charge in [0.15, 0.2) is 0 Å². The maximum absolute atomic E-state index is 9.15. The smallest absolute Gasteiger partial charge is 0.146 e. The van der Waals surface area contributed by atoms with Gasteiger partial charge in [0, 0.05) is 20.1 Å². The van der Waals surface area contributed by atoms with Crippen molar-refractivity contribution < 1.29 is 5.11 Å². The van der Waals surface area contributed by atoms with Crippen LogP contribution < -0.4 is 10.6 Å². The minimum Gasteiger partial charge on any atom is -0.393 e. The number of hydrogen-bond donors (Lipinski definition) is 2. The number of rotatable bonds is 5. The van der Waals surface area contributed by atoms with Crippen LogP contribution in [0.4, 0.5) is 5.82 Å². The molecule has 0 radical (unpaired) electrons. The average molecular weight is 210 g/mol. The van der Waals surface area contributed by atoms with E-state index < -0.39 is 0 Å². The molecular formula is C10H18N4O. The molecule has 1 rings (SSSR count). The van der Waals surface area contributed by atoms with E-state index in [0.29, 0.717) is 6.54 Å². The summed E-state index contributed by atoms with van der Waals surface area (Å²) in [5.41, 5.74) is 6.21. The van der Waals surface area contributed by atoms with Crippen molar-refractivity contribution >= 4 is 5.82 Å². The zero-order valence-electron chi connectivity index (χ0n) is 9.22. The quantitative estimate of drug-likeness (QED) is 0.723. The molecule has 0 saturated heterocycles. The fourth-order valence-corrected chi connectivity index (χ4v) is 1.15. The maximum atomic E-state index is 9.15. The third kappa shape index (κ3) is 3.81. The van der Waals surface area contributed by atoms with Crippen LogP contribution in [0.15, 0.2) is 12.4 Å². The van der Waals surface area contributed by atoms with Gasteiger partial charge in [-0.1, -0.05) is 0 Å². The van der Waals surface area contributed by atoms with Gasteiger partial charge in [0.05, 0.1) is 24.2 Å². The van der Waals surface area contributed by atoms with E-state index in [9.17, 15) is 0 Å². The van der Waals surface area contributed by atoms with Crippen LogP contribution >= 0.6 is 0 Å². The molecule has 0 bridgehead atoms. The van der Waals surface area contributed by atoms with Crippen LogP contribution in [0.1, 0.15) is 19.0 Å². The number of nitrogens with two attached hydrogens (primary N) is 1. The van der Waals surface area contributed by atoms with Crippen molar-refractivity contribution in [1.82, 2.24) is 9.97 Å². The number of nitrogens with zero attached hydrogens (tertiary/aromatic N) is 3. The van der Waals surface area contributed by atoms with Crippen molar-refractivity contribution in [3.05, 3.63) is 18.1 Å². The Labute approximate surface area is 90.0 Å². The van der Waals surface area contributed by atoms with Crippen LogP contribution in [-0.2, 0) is 6.54 Å². The highest BCUT2D eigenvalue weighted by Crippen LogP contribution is 2.07. The lowest BCUT2D eigenvalue weighted by atomic mass is 10.3. The monoisotopic (exact) mass is 210 g/mol. The summed E-state index contributed by atoms with van der Waals surface area (Å²) < 4.78 is 0. The molecule has 1 aromatic heterocycles. The third-order valence-corrected chi connectivity index (χ3v) is 2.17. The molecule has 5 nitrogen and oxygen atoms in total. The first-order valence-electron chi connectivity index (χ1n) is 5.03. The normalized spacial score (nSPS) is 12.5. The molecule has 0 aliphatic heterocycles. The van der Waals surface area contributed by atoms with E-state index >= 15 is 0 Å². The van der Waals surface area contributed by atoms with Crippen molar-refractivity contribution in [1.29, 1.82) is 0 Å². The van der Waals surface area contributed by atoms with E-state index in [-0.39, 0.29) is 6.10 Å². The number of anilines is 1. The molecule has 0 fully saturated rings. The number of aliphatic hydroxyl groups excluding tert-OH is 1. The molecule has 0 spiro atoms. The van der Waals surface area contributed by atoms with Crippen LogP contribution in [0, 0.1) is 0 Å². The van der Waals surface area contributed by atoms with E-state index in [1.165, 1.54) is 0 Å². The average Bonchev–Trinajstić information content (AvgIpc) is 2.26. The lowest BCUT2D eigenvalue weighted by Crippen LogP contribution is -2.23. The Morgan fingerprint density at radius 1 is 1.47 bits per heavy atom. The maximum Gasteiger partial charge on any atom is 0.146 e. The Morgan fingerprint density at radius 2 is 2.20 bits per heavy atom. The highest BCUT2D eigenvalue weighted by molar-refractivity contribution is 5.34. The standard InChI is InChI=1S/C10H18N4O/c1-8(15)3-4-14(2)10-7-12-9(5-11)6-13-10/h6-8,15H,3-5,11H2,1-2H3. The largest absolute Gasteiger partial charge is 0.393 e. The molecule has 0 saturated carbocycles. The molecule has 0 aliphatic rings. The summed E-state index contributed by atoms with van der Waals surface area (Å²) in [5, 5.41) is 9.15. The summed E-state index contributed by atoms with van der Waals surface area (Å²) in [6.07, 6.45) is 3.80. The second kappa shape index (κ2) is 5.63. The van der Waals surface area contributed by atoms with Gasteiger partial charge in [-0.25, -0.2) is 4.98 Å². The lowest BCUT2D eigenvalue weighted by molar-refractivity contribution is 0.187. The summed E-state index contributed by atoms with van der Waals surface area (Å²) in [7, 11) is 1.93. The second-order valence-corrected chi connectivity index (χ2v) is 3.63. The van der Waals surface area contributed by atoms with Gasteiger partial charge in [0.2, 0.25) is 0 Å². The molecule has 0 aromatic carbocycles. The van der Waals surface area contributed by atoms with Crippen molar-refractivity contribution in [3.8, 4) is 0 Å². The second-order valence-electron chi connectivity index (χ2n) is 3.63. The first-order chi connectivity index (χ1) is 7.13. The van der Waals surface area contributed by atoms with Crippen molar-refractivity contribution in [2.24, 2.45) is 5.73 Å². The van der Waals surface area contributed by atoms with Gasteiger partial charge >= 0.3 is 0 Å². The van der Waals surface area contributed by atoms with Gasteiger partial charge < -0.3 is 15.7 Å². The van der Waals surface area contributed by atoms with Gasteiger partial charge in [-0.2, -0.15) is 0 Å². The number of hydrogen-bond acceptors (Lipinski definition) is 5. The summed E-state index contributed by atoms with van der Waals surface area (Å²) in [6, 6.07) is 0. The minimum atomic E-state index is -0.288. The SMILES string of the molecule is CC(O)CCN(C)c1cnc(CN)cn1. The van der Waals surface area contributed by atoms with Crippen LogP contribution in [0.3, 0.4) is 0 Å². The Bertz CT molecular complexity index is 286. The zero-order chi connectivity index (χ0) is 11.3. The summed E-state index contributed by atoms with van der Waals surface area (Å²) in [5.74, 6) is 0.799. The van der Waals surface area contributed by atoms with Gasteiger partial charge in [-0.3, -0.25) is 4.98 Å². The topological polar surface area (TPSA) is 75.3 Å². The number of aliphatic hydroxyl groups is 1. The minimum absolute atomic E-state index is 0.288. The van der Waals surface area contributed by atoms with E-state index in [2.05, 4.69) is 9.97 Å². The molecule has 0 aliphatic carbocycles. The first-order valence-corrected chi connectivity index (χ1v) is 5.03. The van der Waals surface area contributed by atoms with Crippen molar-refractivity contribution in [2.45, 2.75) is 26.0 Å². The molecule has 84 valence electrons. The Balaban J connectivity index is 2.54. The van der Waals surface area contributed by atoms with Crippen molar-refractivity contribution in [3.63, 3.8) is 0 Å². The predicted octanol–water partition coefficient (Wildman–Crippen LogP) is 0.142. The van der Waals surface area contributed by atoms with E-state index in [0.717, 1.165) is 24.5 Å². The predicted molar refractivity (Wildman–Crippen MR) is 59.5 cm³/mol. The van der Waals surface area contributed by atoms with E-state index in [1.54, 1.807) is 19.3 Å². The molecule has 1 heterocycles. The zero-order valence-corrected chi connectivity index (χ0v) is 9.22. The molecule has 15 heavy (non-hydrogen) atoms. The van der Waals surface area contributed by atoms with Gasteiger partial charge in [-0.05, 0) is 13.3 Å². The third-order valence-electron chi connectivity index (χ3n) is 2.17. The highest BCUT2D eigenvalue weighted by atomic mass is 16.3. The van der Waals surface area contributed by atoms with Crippen LogP contribution in [0.5, 0.6) is 0 Å². The van der Waals surface area contributed by atoms with Crippen LogP contribution in [-0.4, -0.2) is 34.8 Å². The number of aromatic nitrogens is 2. The summed E-state index contributed by atoms with van der Waals surface area (Å²) in [6.45, 7) is 2.94. The molecule has 0 amide bonds. The van der Waals surface area contributed by atoms with Crippen LogP contribution in [0.25, 0.3) is 0 Å².